The minimum absolute atomic E-state index is 0.109. The van der Waals surface area contributed by atoms with Crippen LogP contribution in [0.2, 0.25) is 0 Å². The molecular formula is C25H23BrN2O5. The molecule has 1 unspecified atom stereocenters. The van der Waals surface area contributed by atoms with Gasteiger partial charge in [0.05, 0.1) is 11.3 Å². The fraction of sp³-hybridized carbons (Fsp3) is 0.240. The molecule has 1 N–H and O–H groups in total. The van der Waals surface area contributed by atoms with E-state index in [1.165, 1.54) is 9.80 Å². The van der Waals surface area contributed by atoms with Crippen molar-refractivity contribution in [3.63, 3.8) is 0 Å². The van der Waals surface area contributed by atoms with E-state index < -0.39 is 28.9 Å². The van der Waals surface area contributed by atoms with Crippen LogP contribution in [0.4, 0.5) is 5.69 Å². The minimum Gasteiger partial charge on any atom is -0.507 e. The standard InChI is InChI=1S/C25H23BrN2O5/c1-3-13-27-19-8-5-4-7-18(19)25(24(27)32)20(21(29)16-9-11-17(26)12-10-16)22(30)23(31)28(25)14-6-15-33-2/h3-5,7-12,29H,1,6,13-15H2,2H3/b21-20-. The zero-order valence-electron chi connectivity index (χ0n) is 18.1. The Balaban J connectivity index is 2.02. The van der Waals surface area contributed by atoms with Crippen molar-refractivity contribution in [3.05, 3.63) is 82.4 Å². The number of ketones is 1. The van der Waals surface area contributed by atoms with Crippen LogP contribution in [0.5, 0.6) is 0 Å². The highest BCUT2D eigenvalue weighted by Crippen LogP contribution is 2.53. The Bertz CT molecular complexity index is 1170. The third-order valence-electron chi connectivity index (χ3n) is 5.97. The van der Waals surface area contributed by atoms with Gasteiger partial charge in [0.2, 0.25) is 0 Å². The lowest BCUT2D eigenvalue weighted by atomic mass is 9.82. The number of hydrogen-bond acceptors (Lipinski definition) is 5. The Morgan fingerprint density at radius 1 is 1.15 bits per heavy atom. The Labute approximate surface area is 200 Å². The lowest BCUT2D eigenvalue weighted by Gasteiger charge is -2.34. The monoisotopic (exact) mass is 510 g/mol. The molecule has 4 rings (SSSR count). The number of anilines is 1. The molecule has 0 aliphatic carbocycles. The minimum atomic E-state index is -1.77. The third kappa shape index (κ3) is 3.41. The van der Waals surface area contributed by atoms with E-state index in [1.807, 2.05) is 0 Å². The average molecular weight is 511 g/mol. The van der Waals surface area contributed by atoms with E-state index >= 15 is 0 Å². The molecule has 0 saturated carbocycles. The number of aliphatic hydroxyl groups is 1. The van der Waals surface area contributed by atoms with Crippen LogP contribution in [0.3, 0.4) is 0 Å². The largest absolute Gasteiger partial charge is 0.507 e. The van der Waals surface area contributed by atoms with Gasteiger partial charge in [0.25, 0.3) is 17.6 Å². The number of para-hydroxylation sites is 1. The van der Waals surface area contributed by atoms with Gasteiger partial charge in [-0.25, -0.2) is 0 Å². The number of rotatable bonds is 7. The highest BCUT2D eigenvalue weighted by atomic mass is 79.9. The Kier molecular flexibility index (Phi) is 6.23. The van der Waals surface area contributed by atoms with E-state index in [1.54, 1.807) is 61.7 Å². The van der Waals surface area contributed by atoms with Crippen LogP contribution in [-0.2, 0) is 24.7 Å². The number of nitrogens with zero attached hydrogens (tertiary/aromatic N) is 2. The maximum atomic E-state index is 14.1. The SMILES string of the molecule is C=CCN1C(=O)C2(/C(=C(\O)c3ccc(Br)cc3)C(=O)C(=O)N2CCCOC)c2ccccc21. The second-order valence-electron chi connectivity index (χ2n) is 7.79. The Morgan fingerprint density at radius 2 is 1.85 bits per heavy atom. The van der Waals surface area contributed by atoms with Crippen LogP contribution in [-0.4, -0.2) is 54.4 Å². The van der Waals surface area contributed by atoms with E-state index in [0.29, 0.717) is 29.8 Å². The second kappa shape index (κ2) is 8.96. The second-order valence-corrected chi connectivity index (χ2v) is 8.71. The highest BCUT2D eigenvalue weighted by Gasteiger charge is 2.66. The van der Waals surface area contributed by atoms with Gasteiger partial charge in [-0.2, -0.15) is 0 Å². The summed E-state index contributed by atoms with van der Waals surface area (Å²) in [5, 5.41) is 11.3. The lowest BCUT2D eigenvalue weighted by molar-refractivity contribution is -0.143. The quantitative estimate of drug-likeness (QED) is 0.202. The van der Waals surface area contributed by atoms with Gasteiger partial charge in [-0.3, -0.25) is 14.4 Å². The molecule has 7 nitrogen and oxygen atoms in total. The van der Waals surface area contributed by atoms with E-state index in [0.717, 1.165) is 4.47 Å². The number of halogens is 1. The van der Waals surface area contributed by atoms with Gasteiger partial charge in [0.15, 0.2) is 5.54 Å². The molecule has 2 aliphatic rings. The number of ether oxygens (including phenoxy) is 1. The maximum absolute atomic E-state index is 14.1. The zero-order valence-corrected chi connectivity index (χ0v) is 19.7. The van der Waals surface area contributed by atoms with Gasteiger partial charge in [-0.1, -0.05) is 52.3 Å². The summed E-state index contributed by atoms with van der Waals surface area (Å²) in [5.74, 6) is -2.58. The molecule has 0 bridgehead atoms. The number of hydrogen-bond donors (Lipinski definition) is 1. The molecule has 2 amide bonds. The van der Waals surface area contributed by atoms with Crippen LogP contribution >= 0.6 is 15.9 Å². The van der Waals surface area contributed by atoms with Crippen molar-refractivity contribution in [2.75, 3.05) is 31.7 Å². The summed E-state index contributed by atoms with van der Waals surface area (Å²) in [4.78, 5) is 43.5. The van der Waals surface area contributed by atoms with Gasteiger partial charge < -0.3 is 19.6 Å². The van der Waals surface area contributed by atoms with Crippen LogP contribution in [0.25, 0.3) is 5.76 Å². The lowest BCUT2D eigenvalue weighted by Crippen LogP contribution is -2.52. The topological polar surface area (TPSA) is 87.2 Å². The van der Waals surface area contributed by atoms with Gasteiger partial charge >= 0.3 is 0 Å². The first kappa shape index (κ1) is 22.9. The summed E-state index contributed by atoms with van der Waals surface area (Å²) >= 11 is 3.35. The molecule has 33 heavy (non-hydrogen) atoms. The molecule has 1 atom stereocenters. The van der Waals surface area contributed by atoms with Crippen LogP contribution in [0.15, 0.2) is 71.2 Å². The molecule has 1 fully saturated rings. The molecule has 1 spiro atoms. The molecule has 8 heteroatoms. The van der Waals surface area contributed by atoms with E-state index in [-0.39, 0.29) is 18.7 Å². The first-order valence-electron chi connectivity index (χ1n) is 10.5. The summed E-state index contributed by atoms with van der Waals surface area (Å²) in [6, 6.07) is 13.7. The normalized spacial score (nSPS) is 21.2. The number of methoxy groups -OCH3 is 1. The highest BCUT2D eigenvalue weighted by molar-refractivity contribution is 9.10. The Hall–Kier alpha value is -3.23. The number of amides is 2. The first-order valence-corrected chi connectivity index (χ1v) is 11.3. The smallest absolute Gasteiger partial charge is 0.296 e. The van der Waals surface area contributed by atoms with Gasteiger partial charge in [-0.15, -0.1) is 6.58 Å². The van der Waals surface area contributed by atoms with Crippen molar-refractivity contribution in [1.29, 1.82) is 0 Å². The fourth-order valence-electron chi connectivity index (χ4n) is 4.60. The van der Waals surface area contributed by atoms with E-state index in [9.17, 15) is 19.5 Å². The maximum Gasteiger partial charge on any atom is 0.296 e. The summed E-state index contributed by atoms with van der Waals surface area (Å²) in [6.45, 7) is 4.39. The van der Waals surface area contributed by atoms with Crippen LogP contribution in [0.1, 0.15) is 17.5 Å². The van der Waals surface area contributed by atoms with Crippen molar-refractivity contribution < 1.29 is 24.2 Å². The molecule has 2 aromatic rings. The predicted octanol–water partition coefficient (Wildman–Crippen LogP) is 3.59. The van der Waals surface area contributed by atoms with Gasteiger partial charge in [0, 0.05) is 42.4 Å². The van der Waals surface area contributed by atoms with Gasteiger partial charge in [0.1, 0.15) is 5.76 Å². The summed E-state index contributed by atoms with van der Waals surface area (Å²) in [7, 11) is 1.54. The van der Waals surface area contributed by atoms with E-state index in [4.69, 9.17) is 4.74 Å². The molecule has 1 saturated heterocycles. The number of benzene rings is 2. The molecule has 170 valence electrons. The number of likely N-dealkylation sites (tertiary alicyclic amines) is 1. The number of aliphatic hydroxyl groups excluding tert-OH is 1. The Morgan fingerprint density at radius 3 is 2.52 bits per heavy atom. The number of carbonyl (C=O) groups excluding carboxylic acids is 3. The molecule has 2 heterocycles. The van der Waals surface area contributed by atoms with Crippen LogP contribution in [0, 0.1) is 0 Å². The molecule has 2 aromatic carbocycles. The number of fused-ring (bicyclic) bond motifs is 2. The summed E-state index contributed by atoms with van der Waals surface area (Å²) in [5.41, 5.74) is -0.607. The zero-order chi connectivity index (χ0) is 23.8. The fourth-order valence-corrected chi connectivity index (χ4v) is 4.86. The molecular weight excluding hydrogens is 488 g/mol. The van der Waals surface area contributed by atoms with Crippen LogP contribution < -0.4 is 4.90 Å². The van der Waals surface area contributed by atoms with Crippen molar-refractivity contribution in [2.24, 2.45) is 0 Å². The third-order valence-corrected chi connectivity index (χ3v) is 6.50. The predicted molar refractivity (Wildman–Crippen MR) is 128 cm³/mol. The molecule has 0 radical (unpaired) electrons. The van der Waals surface area contributed by atoms with Crippen molar-refractivity contribution in [2.45, 2.75) is 12.0 Å². The first-order chi connectivity index (χ1) is 15.9. The summed E-state index contributed by atoms with van der Waals surface area (Å²) < 4.78 is 5.91. The van der Waals surface area contributed by atoms with Gasteiger partial charge in [-0.05, 0) is 24.6 Å². The van der Waals surface area contributed by atoms with Crippen molar-refractivity contribution in [1.82, 2.24) is 4.90 Å². The average Bonchev–Trinajstić information content (AvgIpc) is 3.19. The van der Waals surface area contributed by atoms with Crippen molar-refractivity contribution >= 4 is 45.0 Å². The molecule has 2 aliphatic heterocycles. The molecule has 0 aromatic heterocycles. The van der Waals surface area contributed by atoms with E-state index in [2.05, 4.69) is 22.5 Å². The summed E-state index contributed by atoms with van der Waals surface area (Å²) in [6.07, 6.45) is 2.00. The number of Topliss-reactive ketones (excluding diaryl/α,β-unsaturated/α-hetero) is 1. The number of carbonyl (C=O) groups is 3. The van der Waals surface area contributed by atoms with Crippen molar-refractivity contribution in [3.8, 4) is 0 Å².